The van der Waals surface area contributed by atoms with E-state index in [4.69, 9.17) is 14.9 Å². The van der Waals surface area contributed by atoms with Gasteiger partial charge in [-0.25, -0.2) is 4.79 Å². The standard InChI is InChI=1S/C15H28N2O6/c1-11(2)9-13(19)16-6-4-3-5-12(15(21)22)17-14(20)10-23-8-7-18/h11-12,18H,3-10H2,1-2H3,(H,16,19)(H,17,20)(H,21,22). The van der Waals surface area contributed by atoms with Gasteiger partial charge in [0.2, 0.25) is 11.8 Å². The topological polar surface area (TPSA) is 125 Å². The molecule has 4 N–H and O–H groups in total. The molecule has 0 saturated carbocycles. The summed E-state index contributed by atoms with van der Waals surface area (Å²) in [4.78, 5) is 34.0. The number of unbranched alkanes of at least 4 members (excludes halogenated alkanes) is 1. The Hall–Kier alpha value is -1.67. The molecule has 0 spiro atoms. The molecule has 0 saturated heterocycles. The van der Waals surface area contributed by atoms with E-state index >= 15 is 0 Å². The van der Waals surface area contributed by atoms with Gasteiger partial charge in [-0.3, -0.25) is 9.59 Å². The van der Waals surface area contributed by atoms with Gasteiger partial charge in [0.05, 0.1) is 13.2 Å². The van der Waals surface area contributed by atoms with Gasteiger partial charge in [-0.2, -0.15) is 0 Å². The normalized spacial score (nSPS) is 12.0. The number of carbonyl (C=O) groups is 3. The molecule has 0 aromatic rings. The van der Waals surface area contributed by atoms with Crippen molar-refractivity contribution in [1.82, 2.24) is 10.6 Å². The summed E-state index contributed by atoms with van der Waals surface area (Å²) in [7, 11) is 0. The SMILES string of the molecule is CC(C)CC(=O)NCCCCC(NC(=O)COCCO)C(=O)O. The number of carbonyl (C=O) groups excluding carboxylic acids is 2. The molecule has 0 aromatic heterocycles. The Morgan fingerprint density at radius 1 is 1.13 bits per heavy atom. The Bertz CT molecular complexity index is 373. The zero-order valence-corrected chi connectivity index (χ0v) is 13.8. The highest BCUT2D eigenvalue weighted by atomic mass is 16.5. The highest BCUT2D eigenvalue weighted by Gasteiger charge is 2.19. The number of ether oxygens (including phenoxy) is 1. The predicted molar refractivity (Wildman–Crippen MR) is 83.8 cm³/mol. The number of rotatable bonds is 13. The zero-order chi connectivity index (χ0) is 17.7. The van der Waals surface area contributed by atoms with Crippen LogP contribution in [0, 0.1) is 5.92 Å². The minimum Gasteiger partial charge on any atom is -0.480 e. The fourth-order valence-corrected chi connectivity index (χ4v) is 1.87. The van der Waals surface area contributed by atoms with E-state index in [1.165, 1.54) is 0 Å². The average Bonchev–Trinajstić information content (AvgIpc) is 2.45. The summed E-state index contributed by atoms with van der Waals surface area (Å²) in [6.07, 6.45) is 1.96. The van der Waals surface area contributed by atoms with E-state index in [1.807, 2.05) is 13.8 Å². The van der Waals surface area contributed by atoms with E-state index in [2.05, 4.69) is 10.6 Å². The van der Waals surface area contributed by atoms with Gasteiger partial charge in [-0.05, 0) is 25.2 Å². The van der Waals surface area contributed by atoms with Crippen molar-refractivity contribution in [1.29, 1.82) is 0 Å². The molecule has 0 radical (unpaired) electrons. The van der Waals surface area contributed by atoms with Crippen LogP contribution in [-0.2, 0) is 19.1 Å². The number of carboxylic acids is 1. The second-order valence-electron chi connectivity index (χ2n) is 5.68. The molecule has 1 atom stereocenters. The van der Waals surface area contributed by atoms with E-state index < -0.39 is 17.9 Å². The largest absolute Gasteiger partial charge is 0.480 e. The summed E-state index contributed by atoms with van der Waals surface area (Å²) in [6.45, 7) is 3.97. The van der Waals surface area contributed by atoms with Gasteiger partial charge in [-0.1, -0.05) is 13.8 Å². The molecule has 0 aliphatic rings. The smallest absolute Gasteiger partial charge is 0.326 e. The fourth-order valence-electron chi connectivity index (χ4n) is 1.87. The van der Waals surface area contributed by atoms with Crippen LogP contribution in [0.25, 0.3) is 0 Å². The number of aliphatic hydroxyl groups is 1. The maximum atomic E-state index is 11.5. The van der Waals surface area contributed by atoms with Crippen molar-refractivity contribution in [3.63, 3.8) is 0 Å². The van der Waals surface area contributed by atoms with Crippen LogP contribution in [0.4, 0.5) is 0 Å². The van der Waals surface area contributed by atoms with Gasteiger partial charge < -0.3 is 25.6 Å². The highest BCUT2D eigenvalue weighted by molar-refractivity contribution is 5.84. The van der Waals surface area contributed by atoms with E-state index in [0.717, 1.165) is 0 Å². The number of aliphatic carboxylic acids is 1. The van der Waals surface area contributed by atoms with Crippen molar-refractivity contribution in [2.75, 3.05) is 26.4 Å². The monoisotopic (exact) mass is 332 g/mol. The third kappa shape index (κ3) is 12.5. The number of carboxylic acid groups (broad SMARTS) is 1. The van der Waals surface area contributed by atoms with E-state index in [0.29, 0.717) is 31.7 Å². The predicted octanol–water partition coefficient (Wildman–Crippen LogP) is -0.103. The zero-order valence-electron chi connectivity index (χ0n) is 13.8. The molecule has 1 unspecified atom stereocenters. The minimum atomic E-state index is -1.11. The van der Waals surface area contributed by atoms with Crippen molar-refractivity contribution >= 4 is 17.8 Å². The van der Waals surface area contributed by atoms with Crippen molar-refractivity contribution in [3.05, 3.63) is 0 Å². The van der Waals surface area contributed by atoms with Crippen molar-refractivity contribution < 1.29 is 29.3 Å². The summed E-state index contributed by atoms with van der Waals surface area (Å²) < 4.78 is 4.82. The van der Waals surface area contributed by atoms with Crippen LogP contribution < -0.4 is 10.6 Å². The fraction of sp³-hybridized carbons (Fsp3) is 0.800. The molecular formula is C15H28N2O6. The molecule has 8 nitrogen and oxygen atoms in total. The summed E-state index contributed by atoms with van der Waals surface area (Å²) in [5.41, 5.74) is 0. The molecule has 2 amide bonds. The van der Waals surface area contributed by atoms with Crippen molar-refractivity contribution in [3.8, 4) is 0 Å². The molecule has 0 aliphatic carbocycles. The third-order valence-corrected chi connectivity index (χ3v) is 2.94. The lowest BCUT2D eigenvalue weighted by molar-refractivity contribution is -0.142. The quantitative estimate of drug-likeness (QED) is 0.349. The highest BCUT2D eigenvalue weighted by Crippen LogP contribution is 2.02. The maximum Gasteiger partial charge on any atom is 0.326 e. The van der Waals surface area contributed by atoms with E-state index in [-0.39, 0.29) is 32.1 Å². The summed E-state index contributed by atoms with van der Waals surface area (Å²) in [6, 6.07) is -0.980. The van der Waals surface area contributed by atoms with Crippen LogP contribution in [0.1, 0.15) is 39.5 Å². The minimum absolute atomic E-state index is 0.0101. The van der Waals surface area contributed by atoms with Crippen molar-refractivity contribution in [2.24, 2.45) is 5.92 Å². The van der Waals surface area contributed by atoms with Gasteiger partial charge in [0.1, 0.15) is 12.6 Å². The van der Waals surface area contributed by atoms with Crippen molar-refractivity contribution in [2.45, 2.75) is 45.6 Å². The van der Waals surface area contributed by atoms with Crippen LogP contribution in [0.5, 0.6) is 0 Å². The molecule has 0 heterocycles. The first-order valence-electron chi connectivity index (χ1n) is 7.84. The van der Waals surface area contributed by atoms with Gasteiger partial charge in [-0.15, -0.1) is 0 Å². The Morgan fingerprint density at radius 2 is 1.83 bits per heavy atom. The molecule has 134 valence electrons. The first-order valence-corrected chi connectivity index (χ1v) is 7.84. The second kappa shape index (κ2) is 12.8. The lowest BCUT2D eigenvalue weighted by Gasteiger charge is -2.14. The molecule has 0 rings (SSSR count). The molecule has 0 bridgehead atoms. The van der Waals surface area contributed by atoms with Crippen LogP contribution in [0.3, 0.4) is 0 Å². The van der Waals surface area contributed by atoms with E-state index in [1.54, 1.807) is 0 Å². The van der Waals surface area contributed by atoms with E-state index in [9.17, 15) is 14.4 Å². The lowest BCUT2D eigenvalue weighted by atomic mass is 10.1. The Kier molecular flexibility index (Phi) is 11.9. The third-order valence-electron chi connectivity index (χ3n) is 2.94. The first kappa shape index (κ1) is 21.3. The van der Waals surface area contributed by atoms with Gasteiger partial charge >= 0.3 is 5.97 Å². The van der Waals surface area contributed by atoms with Crippen LogP contribution in [-0.4, -0.2) is 60.4 Å². The van der Waals surface area contributed by atoms with Crippen LogP contribution in [0.2, 0.25) is 0 Å². The number of amides is 2. The van der Waals surface area contributed by atoms with Gasteiger partial charge in [0, 0.05) is 13.0 Å². The number of hydrogen-bond acceptors (Lipinski definition) is 5. The Labute approximate surface area is 136 Å². The Balaban J connectivity index is 3.90. The lowest BCUT2D eigenvalue weighted by Crippen LogP contribution is -2.42. The number of nitrogens with one attached hydrogen (secondary N) is 2. The molecule has 0 aromatic carbocycles. The van der Waals surface area contributed by atoms with Gasteiger partial charge in [0.25, 0.3) is 0 Å². The molecule has 23 heavy (non-hydrogen) atoms. The van der Waals surface area contributed by atoms with Crippen LogP contribution in [0.15, 0.2) is 0 Å². The second-order valence-corrected chi connectivity index (χ2v) is 5.68. The first-order chi connectivity index (χ1) is 10.9. The average molecular weight is 332 g/mol. The summed E-state index contributed by atoms with van der Waals surface area (Å²) in [5, 5.41) is 22.7. The van der Waals surface area contributed by atoms with Crippen LogP contribution >= 0.6 is 0 Å². The molecule has 8 heteroatoms. The van der Waals surface area contributed by atoms with Gasteiger partial charge in [0.15, 0.2) is 0 Å². The maximum absolute atomic E-state index is 11.5. The summed E-state index contributed by atoms with van der Waals surface area (Å²) >= 11 is 0. The molecule has 0 aliphatic heterocycles. The Morgan fingerprint density at radius 3 is 2.39 bits per heavy atom. The molecular weight excluding hydrogens is 304 g/mol. The number of hydrogen-bond donors (Lipinski definition) is 4. The molecule has 0 fully saturated rings. The number of aliphatic hydroxyl groups excluding tert-OH is 1. The summed E-state index contributed by atoms with van der Waals surface area (Å²) in [5.74, 6) is -1.35.